The highest BCUT2D eigenvalue weighted by Crippen LogP contribution is 2.36. The van der Waals surface area contributed by atoms with Crippen molar-refractivity contribution in [3.05, 3.63) is 28.8 Å². The van der Waals surface area contributed by atoms with E-state index in [1.165, 1.54) is 0 Å². The largest absolute Gasteiger partial charge is 0.310 e. The Kier molecular flexibility index (Phi) is 10.9. The summed E-state index contributed by atoms with van der Waals surface area (Å²) in [7, 11) is 0. The van der Waals surface area contributed by atoms with Crippen LogP contribution in [-0.2, 0) is 4.79 Å². The molecule has 0 bridgehead atoms. The summed E-state index contributed by atoms with van der Waals surface area (Å²) in [6.07, 6.45) is 5.58. The summed E-state index contributed by atoms with van der Waals surface area (Å²) in [5.41, 5.74) is 2.41. The lowest BCUT2D eigenvalue weighted by Crippen LogP contribution is -2.34. The van der Waals surface area contributed by atoms with Crippen LogP contribution in [-0.4, -0.2) is 30.9 Å². The molecular formula is C22H32Cl3FN2O. The second-order valence-electron chi connectivity index (χ2n) is 7.79. The van der Waals surface area contributed by atoms with E-state index >= 15 is 0 Å². The summed E-state index contributed by atoms with van der Waals surface area (Å²) >= 11 is 6.27. The van der Waals surface area contributed by atoms with E-state index in [4.69, 9.17) is 11.6 Å². The summed E-state index contributed by atoms with van der Waals surface area (Å²) in [4.78, 5) is 19.3. The lowest BCUT2D eigenvalue weighted by Gasteiger charge is -2.29. The van der Waals surface area contributed by atoms with Crippen LogP contribution in [0.25, 0.3) is 0 Å². The molecule has 164 valence electrons. The average molecular weight is 466 g/mol. The second-order valence-corrected chi connectivity index (χ2v) is 8.22. The van der Waals surface area contributed by atoms with Gasteiger partial charge >= 0.3 is 0 Å². The van der Waals surface area contributed by atoms with Crippen LogP contribution in [0.3, 0.4) is 0 Å². The Morgan fingerprint density at radius 3 is 2.55 bits per heavy atom. The molecule has 1 aliphatic heterocycles. The maximum Gasteiger partial charge on any atom is 0.248 e. The van der Waals surface area contributed by atoms with Crippen molar-refractivity contribution in [1.82, 2.24) is 0 Å². The van der Waals surface area contributed by atoms with Crippen LogP contribution in [0.5, 0.6) is 0 Å². The third-order valence-corrected chi connectivity index (χ3v) is 6.39. The Bertz CT molecular complexity index is 709. The van der Waals surface area contributed by atoms with Crippen molar-refractivity contribution in [2.24, 2.45) is 16.8 Å². The van der Waals surface area contributed by atoms with Gasteiger partial charge in [-0.1, -0.05) is 51.1 Å². The number of halogens is 4. The van der Waals surface area contributed by atoms with Gasteiger partial charge in [0.15, 0.2) is 0 Å². The fourth-order valence-corrected chi connectivity index (χ4v) is 4.54. The highest BCUT2D eigenvalue weighted by Gasteiger charge is 2.34. The van der Waals surface area contributed by atoms with Gasteiger partial charge < -0.3 is 4.90 Å². The number of nitrogens with zero attached hydrogens (tertiary/aromatic N) is 2. The molecule has 1 aromatic carbocycles. The number of aliphatic imine (C=N–C) groups is 1. The van der Waals surface area contributed by atoms with E-state index < -0.39 is 6.17 Å². The zero-order chi connectivity index (χ0) is 19.4. The third kappa shape index (κ3) is 6.08. The monoisotopic (exact) mass is 464 g/mol. The van der Waals surface area contributed by atoms with E-state index in [9.17, 15) is 9.18 Å². The van der Waals surface area contributed by atoms with Crippen molar-refractivity contribution >= 4 is 53.7 Å². The first kappa shape index (κ1) is 26.2. The molecule has 1 heterocycles. The van der Waals surface area contributed by atoms with Crippen molar-refractivity contribution in [2.45, 2.75) is 65.0 Å². The van der Waals surface area contributed by atoms with Gasteiger partial charge in [-0.25, -0.2) is 4.39 Å². The van der Waals surface area contributed by atoms with Crippen LogP contribution in [0.1, 0.15) is 64.4 Å². The van der Waals surface area contributed by atoms with Gasteiger partial charge in [-0.3, -0.25) is 9.79 Å². The van der Waals surface area contributed by atoms with Crippen LogP contribution >= 0.6 is 36.4 Å². The number of carbonyl (C=O) groups is 1. The minimum atomic E-state index is -0.893. The molecule has 3 nitrogen and oxygen atoms in total. The summed E-state index contributed by atoms with van der Waals surface area (Å²) < 4.78 is 14.7. The lowest BCUT2D eigenvalue weighted by molar-refractivity contribution is -0.117. The fourth-order valence-electron chi connectivity index (χ4n) is 4.37. The van der Waals surface area contributed by atoms with E-state index in [2.05, 4.69) is 18.8 Å². The van der Waals surface area contributed by atoms with Crippen molar-refractivity contribution < 1.29 is 9.18 Å². The molecular weight excluding hydrogens is 434 g/mol. The van der Waals surface area contributed by atoms with Gasteiger partial charge in [0.2, 0.25) is 5.91 Å². The number of anilines is 1. The number of hydrogen-bond acceptors (Lipinski definition) is 2. The Morgan fingerprint density at radius 2 is 1.90 bits per heavy atom. The first-order valence-electron chi connectivity index (χ1n) is 10.3. The number of hydrogen-bond donors (Lipinski definition) is 0. The van der Waals surface area contributed by atoms with Crippen molar-refractivity contribution in [2.75, 3.05) is 18.0 Å². The zero-order valence-electron chi connectivity index (χ0n) is 17.2. The fraction of sp³-hybridized carbons (Fsp3) is 0.636. The quantitative estimate of drug-likeness (QED) is 0.461. The van der Waals surface area contributed by atoms with Crippen LogP contribution < -0.4 is 4.90 Å². The standard InChI is InChI=1S/C22H30ClFN2O.2ClH/c1-3-15(4-2)11-12-26-20-10-9-16(23)13-18(20)22(25-14-21(26)27)17-7-5-6-8-19(17)24;;/h9-10,13,15,17,19H,3-8,11-12,14H2,1-2H3;2*1H. The Balaban J connectivity index is 0.00000210. The number of fused-ring (bicyclic) bond motifs is 1. The molecule has 0 spiro atoms. The molecule has 1 amide bonds. The molecule has 29 heavy (non-hydrogen) atoms. The molecule has 1 fully saturated rings. The number of carbonyl (C=O) groups excluding carboxylic acids is 1. The molecule has 0 radical (unpaired) electrons. The van der Waals surface area contributed by atoms with Crippen molar-refractivity contribution in [3.8, 4) is 0 Å². The van der Waals surface area contributed by atoms with E-state index in [0.717, 1.165) is 55.5 Å². The van der Waals surface area contributed by atoms with E-state index in [1.54, 1.807) is 0 Å². The summed E-state index contributed by atoms with van der Waals surface area (Å²) in [5.74, 6) is 0.360. The predicted octanol–water partition coefficient (Wildman–Crippen LogP) is 6.67. The highest BCUT2D eigenvalue weighted by atomic mass is 35.5. The predicted molar refractivity (Wildman–Crippen MR) is 125 cm³/mol. The highest BCUT2D eigenvalue weighted by molar-refractivity contribution is 6.31. The van der Waals surface area contributed by atoms with Gasteiger partial charge in [-0.15, -0.1) is 24.8 Å². The molecule has 1 saturated carbocycles. The van der Waals surface area contributed by atoms with E-state index in [-0.39, 0.29) is 43.2 Å². The number of benzodiazepines with no additional fused rings is 1. The van der Waals surface area contributed by atoms with Crippen LogP contribution in [0.4, 0.5) is 10.1 Å². The number of rotatable bonds is 6. The van der Waals surface area contributed by atoms with Gasteiger partial charge in [0.1, 0.15) is 12.7 Å². The molecule has 7 heteroatoms. The molecule has 3 rings (SSSR count). The van der Waals surface area contributed by atoms with Crippen LogP contribution in [0.2, 0.25) is 5.02 Å². The number of benzene rings is 1. The number of alkyl halides is 1. The molecule has 1 aromatic rings. The van der Waals surface area contributed by atoms with Gasteiger partial charge in [0.05, 0.1) is 11.4 Å². The smallest absolute Gasteiger partial charge is 0.248 e. The SMILES string of the molecule is CCC(CC)CCN1C(=O)CN=C(C2CCCCC2F)c2cc(Cl)ccc21.Cl.Cl. The Hall–Kier alpha value is -0.840. The van der Waals surface area contributed by atoms with Gasteiger partial charge in [-0.05, 0) is 43.4 Å². The topological polar surface area (TPSA) is 32.7 Å². The van der Waals surface area contributed by atoms with Crippen LogP contribution in [0, 0.1) is 11.8 Å². The zero-order valence-corrected chi connectivity index (χ0v) is 19.6. The van der Waals surface area contributed by atoms with Crippen molar-refractivity contribution in [3.63, 3.8) is 0 Å². The summed E-state index contributed by atoms with van der Waals surface area (Å²) in [6, 6.07) is 5.58. The average Bonchev–Trinajstić information content (AvgIpc) is 2.80. The van der Waals surface area contributed by atoms with Gasteiger partial charge in [-0.2, -0.15) is 0 Å². The normalized spacial score (nSPS) is 21.6. The van der Waals surface area contributed by atoms with Crippen molar-refractivity contribution in [1.29, 1.82) is 0 Å². The maximum atomic E-state index is 14.7. The summed E-state index contributed by atoms with van der Waals surface area (Å²) in [6.45, 7) is 5.15. The van der Waals surface area contributed by atoms with Crippen LogP contribution in [0.15, 0.2) is 23.2 Å². The molecule has 2 aliphatic rings. The van der Waals surface area contributed by atoms with Gasteiger partial charge in [0.25, 0.3) is 0 Å². The molecule has 0 saturated heterocycles. The first-order valence-corrected chi connectivity index (χ1v) is 10.7. The third-order valence-electron chi connectivity index (χ3n) is 6.16. The number of amides is 1. The minimum Gasteiger partial charge on any atom is -0.310 e. The lowest BCUT2D eigenvalue weighted by atomic mass is 9.81. The molecule has 0 aromatic heterocycles. The van der Waals surface area contributed by atoms with E-state index in [1.807, 2.05) is 23.1 Å². The molecule has 2 atom stereocenters. The Morgan fingerprint density at radius 1 is 1.21 bits per heavy atom. The second kappa shape index (κ2) is 12.1. The molecule has 2 unspecified atom stereocenters. The van der Waals surface area contributed by atoms with E-state index in [0.29, 0.717) is 23.9 Å². The summed E-state index contributed by atoms with van der Waals surface area (Å²) in [5, 5.41) is 0.599. The first-order chi connectivity index (χ1) is 13.0. The Labute approximate surface area is 191 Å². The minimum absolute atomic E-state index is 0. The van der Waals surface area contributed by atoms with Gasteiger partial charge in [0, 0.05) is 23.0 Å². The maximum absolute atomic E-state index is 14.7. The molecule has 1 aliphatic carbocycles. The molecule has 0 N–H and O–H groups in total.